The number of para-hydroxylation sites is 1. The van der Waals surface area contributed by atoms with Crippen molar-refractivity contribution < 1.29 is 4.42 Å². The number of aromatic nitrogens is 2. The molecule has 0 atom stereocenters. The molecule has 0 amide bonds. The van der Waals surface area contributed by atoms with E-state index >= 15 is 0 Å². The average Bonchev–Trinajstić information content (AvgIpc) is 3.93. The predicted octanol–water partition coefficient (Wildman–Crippen LogP) is 13.9. The van der Waals surface area contributed by atoms with E-state index in [2.05, 4.69) is 200 Å². The van der Waals surface area contributed by atoms with Gasteiger partial charge in [0.05, 0.1) is 16.8 Å². The maximum Gasteiger partial charge on any atom is 0.160 e. The number of nitrogens with zero attached hydrogens (tertiary/aromatic N) is 2. The molecular formula is C55H34N2O. The average molecular weight is 739 g/mol. The molecule has 0 aliphatic heterocycles. The summed E-state index contributed by atoms with van der Waals surface area (Å²) in [6.07, 6.45) is 0. The van der Waals surface area contributed by atoms with E-state index in [4.69, 9.17) is 14.4 Å². The third-order valence-corrected chi connectivity index (χ3v) is 12.2. The molecule has 2 aliphatic rings. The molecule has 2 aromatic heterocycles. The molecule has 58 heavy (non-hydrogen) atoms. The van der Waals surface area contributed by atoms with E-state index in [9.17, 15) is 0 Å². The van der Waals surface area contributed by atoms with E-state index in [1.165, 1.54) is 50.1 Å². The lowest BCUT2D eigenvalue weighted by Gasteiger charge is -2.29. The van der Waals surface area contributed by atoms with Crippen LogP contribution in [0.3, 0.4) is 0 Å². The minimum absolute atomic E-state index is 0.509. The Morgan fingerprint density at radius 1 is 0.345 bits per heavy atom. The van der Waals surface area contributed by atoms with Crippen molar-refractivity contribution in [1.82, 2.24) is 9.97 Å². The van der Waals surface area contributed by atoms with Gasteiger partial charge in [-0.1, -0.05) is 188 Å². The Kier molecular flexibility index (Phi) is 7.14. The Hall–Kier alpha value is -7.62. The quantitative estimate of drug-likeness (QED) is 0.176. The van der Waals surface area contributed by atoms with Crippen molar-refractivity contribution in [2.75, 3.05) is 0 Å². The summed E-state index contributed by atoms with van der Waals surface area (Å²) in [6.45, 7) is 0. The maximum absolute atomic E-state index is 6.87. The molecular weight excluding hydrogens is 705 g/mol. The fraction of sp³-hybridized carbons (Fsp3) is 0.0182. The molecule has 0 saturated carbocycles. The first-order valence-corrected chi connectivity index (χ1v) is 19.8. The molecule has 1 spiro atoms. The zero-order chi connectivity index (χ0) is 38.2. The van der Waals surface area contributed by atoms with E-state index in [1.54, 1.807) is 0 Å². The molecule has 3 heteroatoms. The van der Waals surface area contributed by atoms with Crippen LogP contribution in [0.1, 0.15) is 22.3 Å². The predicted molar refractivity (Wildman–Crippen MR) is 235 cm³/mol. The number of hydrogen-bond donors (Lipinski definition) is 0. The van der Waals surface area contributed by atoms with Crippen molar-refractivity contribution >= 4 is 11.0 Å². The highest BCUT2D eigenvalue weighted by atomic mass is 16.3. The second-order valence-electron chi connectivity index (χ2n) is 15.3. The molecule has 0 bridgehead atoms. The Balaban J connectivity index is 1.00. The third-order valence-electron chi connectivity index (χ3n) is 12.2. The molecule has 8 aromatic carbocycles. The summed E-state index contributed by atoms with van der Waals surface area (Å²) in [4.78, 5) is 10.5. The minimum atomic E-state index is -0.509. The van der Waals surface area contributed by atoms with Gasteiger partial charge in [-0.25, -0.2) is 9.97 Å². The van der Waals surface area contributed by atoms with Gasteiger partial charge in [0.25, 0.3) is 0 Å². The first-order valence-electron chi connectivity index (χ1n) is 19.8. The lowest BCUT2D eigenvalue weighted by Crippen LogP contribution is -2.25. The molecule has 3 nitrogen and oxygen atoms in total. The van der Waals surface area contributed by atoms with Crippen molar-refractivity contribution in [2.45, 2.75) is 5.41 Å². The topological polar surface area (TPSA) is 38.9 Å². The molecule has 0 radical (unpaired) electrons. The Morgan fingerprint density at radius 2 is 0.793 bits per heavy atom. The highest BCUT2D eigenvalue weighted by molar-refractivity contribution is 6.02. The monoisotopic (exact) mass is 738 g/mol. The molecule has 0 saturated heterocycles. The number of fused-ring (bicyclic) bond motifs is 12. The summed E-state index contributed by atoms with van der Waals surface area (Å²) in [6, 6.07) is 73.4. The smallest absolute Gasteiger partial charge is 0.160 e. The van der Waals surface area contributed by atoms with Gasteiger partial charge in [0.2, 0.25) is 0 Å². The summed E-state index contributed by atoms with van der Waals surface area (Å²) in [5.41, 5.74) is 18.5. The summed E-state index contributed by atoms with van der Waals surface area (Å²) in [7, 11) is 0. The lowest BCUT2D eigenvalue weighted by atomic mass is 9.70. The van der Waals surface area contributed by atoms with Gasteiger partial charge < -0.3 is 4.42 Å². The highest BCUT2D eigenvalue weighted by Crippen LogP contribution is 2.65. The summed E-state index contributed by atoms with van der Waals surface area (Å²) >= 11 is 0. The minimum Gasteiger partial charge on any atom is -0.456 e. The molecule has 0 N–H and O–H groups in total. The van der Waals surface area contributed by atoms with Crippen LogP contribution >= 0.6 is 0 Å². The van der Waals surface area contributed by atoms with Gasteiger partial charge in [-0.2, -0.15) is 0 Å². The van der Waals surface area contributed by atoms with E-state index in [1.807, 2.05) is 6.07 Å². The number of benzene rings is 8. The number of hydrogen-bond acceptors (Lipinski definition) is 3. The van der Waals surface area contributed by atoms with E-state index in [0.717, 1.165) is 55.9 Å². The van der Waals surface area contributed by atoms with Crippen molar-refractivity contribution in [3.63, 3.8) is 0 Å². The Labute approximate surface area is 336 Å². The van der Waals surface area contributed by atoms with Gasteiger partial charge in [0, 0.05) is 33.2 Å². The first kappa shape index (κ1) is 32.6. The van der Waals surface area contributed by atoms with Crippen molar-refractivity contribution in [3.05, 3.63) is 229 Å². The second-order valence-corrected chi connectivity index (χ2v) is 15.3. The van der Waals surface area contributed by atoms with E-state index in [-0.39, 0.29) is 0 Å². The van der Waals surface area contributed by atoms with Gasteiger partial charge >= 0.3 is 0 Å². The molecule has 10 aromatic rings. The van der Waals surface area contributed by atoms with Crippen LogP contribution < -0.4 is 0 Å². The summed E-state index contributed by atoms with van der Waals surface area (Å²) in [5.74, 6) is 1.59. The van der Waals surface area contributed by atoms with Crippen LogP contribution in [0.15, 0.2) is 211 Å². The lowest BCUT2D eigenvalue weighted by molar-refractivity contribution is 0.628. The molecule has 0 fully saturated rings. The fourth-order valence-electron chi connectivity index (χ4n) is 9.54. The molecule has 0 unspecified atom stereocenters. The van der Waals surface area contributed by atoms with Gasteiger partial charge in [0.1, 0.15) is 11.3 Å². The zero-order valence-corrected chi connectivity index (χ0v) is 31.4. The van der Waals surface area contributed by atoms with Crippen LogP contribution in [-0.2, 0) is 5.41 Å². The molecule has 12 rings (SSSR count). The SMILES string of the molecule is c1ccc(-c2ccc(-c3ccc(-c4cc(-c5ccccc5)nc(-c5ccc6c(c5)-c5oc7ccccc7c5C65c6ccccc6-c6ccccc65)n4)cc3)cc2)cc1. The van der Waals surface area contributed by atoms with Crippen LogP contribution in [0, 0.1) is 0 Å². The van der Waals surface area contributed by atoms with Gasteiger partial charge in [0.15, 0.2) is 5.82 Å². The maximum atomic E-state index is 6.87. The molecule has 270 valence electrons. The Bertz CT molecular complexity index is 3150. The van der Waals surface area contributed by atoms with Gasteiger partial charge in [-0.05, 0) is 68.3 Å². The third kappa shape index (κ3) is 4.80. The molecule has 2 aliphatic carbocycles. The van der Waals surface area contributed by atoms with E-state index < -0.39 is 5.41 Å². The second kappa shape index (κ2) is 12.7. The number of furan rings is 1. The van der Waals surface area contributed by atoms with Gasteiger partial charge in [-0.3, -0.25) is 0 Å². The van der Waals surface area contributed by atoms with Crippen LogP contribution in [0.4, 0.5) is 0 Å². The highest BCUT2D eigenvalue weighted by Gasteiger charge is 2.54. The first-order chi connectivity index (χ1) is 28.7. The largest absolute Gasteiger partial charge is 0.456 e. The van der Waals surface area contributed by atoms with E-state index in [0.29, 0.717) is 5.82 Å². The van der Waals surface area contributed by atoms with Crippen LogP contribution in [0.2, 0.25) is 0 Å². The summed E-state index contributed by atoms with van der Waals surface area (Å²) < 4.78 is 6.87. The Morgan fingerprint density at radius 3 is 1.41 bits per heavy atom. The van der Waals surface area contributed by atoms with Crippen LogP contribution in [0.25, 0.3) is 89.6 Å². The normalized spacial score (nSPS) is 13.0. The fourth-order valence-corrected chi connectivity index (χ4v) is 9.54. The van der Waals surface area contributed by atoms with Crippen molar-refractivity contribution in [1.29, 1.82) is 0 Å². The zero-order valence-electron chi connectivity index (χ0n) is 31.4. The van der Waals surface area contributed by atoms with Crippen LogP contribution in [-0.4, -0.2) is 9.97 Å². The number of rotatable bonds is 5. The molecule has 2 heterocycles. The van der Waals surface area contributed by atoms with Crippen molar-refractivity contribution in [2.24, 2.45) is 0 Å². The van der Waals surface area contributed by atoms with Crippen molar-refractivity contribution in [3.8, 4) is 78.6 Å². The van der Waals surface area contributed by atoms with Gasteiger partial charge in [-0.15, -0.1) is 0 Å². The van der Waals surface area contributed by atoms with Crippen LogP contribution in [0.5, 0.6) is 0 Å². The standard InChI is InChI=1S/C55H34N2O/c1-3-13-35(14-4-1)36-23-25-37(26-24-36)38-27-29-40(30-28-38)50-34-49(39-15-5-2-6-16-39)56-54(57-50)41-31-32-48-45(33-41)53-52(44-19-9-12-22-51(44)58-53)55(48)46-20-10-7-17-42(46)43-18-8-11-21-47(43)55/h1-34H. The summed E-state index contributed by atoms with van der Waals surface area (Å²) in [5, 5.41) is 1.14.